The number of ether oxygens (including phenoxy) is 2. The number of rotatable bonds is 9. The van der Waals surface area contributed by atoms with Gasteiger partial charge < -0.3 is 19.2 Å². The van der Waals surface area contributed by atoms with Crippen molar-refractivity contribution in [2.45, 2.75) is 25.9 Å². The molecule has 9 heteroatoms. The first-order chi connectivity index (χ1) is 16.2. The molecule has 5 rings (SSSR count). The molecule has 1 aliphatic heterocycles. The molecular weight excluding hydrogens is 420 g/mol. The summed E-state index contributed by atoms with van der Waals surface area (Å²) in [6, 6.07) is 10.0. The first-order valence-corrected chi connectivity index (χ1v) is 11.1. The number of benzene rings is 1. The van der Waals surface area contributed by atoms with Gasteiger partial charge in [0.1, 0.15) is 5.75 Å². The summed E-state index contributed by atoms with van der Waals surface area (Å²) < 4.78 is 17.9. The lowest BCUT2D eigenvalue weighted by atomic mass is 9.99. The first-order valence-electron chi connectivity index (χ1n) is 11.1. The molecule has 1 aromatic carbocycles. The van der Waals surface area contributed by atoms with Crippen LogP contribution in [-0.2, 0) is 24.2 Å². The standard InChI is InChI=1S/C24H28N6O3/c1-31-11-4-9-25-24-26-14-19(23-27-22(28-30(23)24)21-5-3-12-33-21)16-29-10-8-17-6-7-20(32-2)13-18(17)15-29/h3,5-7,12-14H,4,8-11,15-16H2,1-2H3,(H,25,26). The molecule has 0 spiro atoms. The number of nitrogens with one attached hydrogen (secondary N) is 1. The van der Waals surface area contributed by atoms with Crippen molar-refractivity contribution < 1.29 is 13.9 Å². The molecule has 172 valence electrons. The van der Waals surface area contributed by atoms with Crippen molar-refractivity contribution in [3.8, 4) is 17.3 Å². The van der Waals surface area contributed by atoms with Gasteiger partial charge in [-0.1, -0.05) is 6.07 Å². The molecule has 0 bridgehead atoms. The molecule has 0 fully saturated rings. The van der Waals surface area contributed by atoms with Crippen molar-refractivity contribution >= 4 is 11.6 Å². The zero-order chi connectivity index (χ0) is 22.6. The van der Waals surface area contributed by atoms with E-state index < -0.39 is 0 Å². The highest BCUT2D eigenvalue weighted by Crippen LogP contribution is 2.26. The second kappa shape index (κ2) is 9.60. The summed E-state index contributed by atoms with van der Waals surface area (Å²) in [5.74, 6) is 2.73. The molecule has 0 saturated heterocycles. The Kier molecular flexibility index (Phi) is 6.23. The van der Waals surface area contributed by atoms with E-state index in [0.29, 0.717) is 24.1 Å². The van der Waals surface area contributed by atoms with Crippen molar-refractivity contribution in [1.82, 2.24) is 24.5 Å². The molecule has 0 saturated carbocycles. The van der Waals surface area contributed by atoms with E-state index >= 15 is 0 Å². The first kappa shape index (κ1) is 21.4. The van der Waals surface area contributed by atoms with Crippen LogP contribution in [0.5, 0.6) is 5.75 Å². The fraction of sp³-hybridized carbons (Fsp3) is 0.375. The predicted molar refractivity (Wildman–Crippen MR) is 124 cm³/mol. The van der Waals surface area contributed by atoms with Crippen molar-refractivity contribution in [3.05, 3.63) is 59.5 Å². The average Bonchev–Trinajstić information content (AvgIpc) is 3.53. The minimum atomic E-state index is 0.544. The molecule has 0 aliphatic carbocycles. The lowest BCUT2D eigenvalue weighted by Crippen LogP contribution is -2.30. The van der Waals surface area contributed by atoms with Crippen LogP contribution in [-0.4, -0.2) is 58.4 Å². The Hall–Kier alpha value is -3.43. The SMILES string of the molecule is COCCCNc1ncc(CN2CCc3ccc(OC)cc3C2)c2nc(-c3ccco3)nn12. The van der Waals surface area contributed by atoms with Gasteiger partial charge in [-0.3, -0.25) is 4.90 Å². The third-order valence-corrected chi connectivity index (χ3v) is 5.89. The van der Waals surface area contributed by atoms with Crippen LogP contribution in [0.4, 0.5) is 5.95 Å². The van der Waals surface area contributed by atoms with Crippen molar-refractivity contribution in [1.29, 1.82) is 0 Å². The lowest BCUT2D eigenvalue weighted by Gasteiger charge is -2.29. The number of methoxy groups -OCH3 is 2. The minimum absolute atomic E-state index is 0.544. The highest BCUT2D eigenvalue weighted by Gasteiger charge is 2.21. The van der Waals surface area contributed by atoms with Crippen LogP contribution >= 0.6 is 0 Å². The number of hydrogen-bond acceptors (Lipinski definition) is 8. The normalized spacial score (nSPS) is 13.9. The summed E-state index contributed by atoms with van der Waals surface area (Å²) >= 11 is 0. The zero-order valence-corrected chi connectivity index (χ0v) is 19.0. The summed E-state index contributed by atoms with van der Waals surface area (Å²) in [6.07, 6.45) is 5.41. The fourth-order valence-electron chi connectivity index (χ4n) is 4.17. The van der Waals surface area contributed by atoms with Gasteiger partial charge in [-0.25, -0.2) is 9.97 Å². The van der Waals surface area contributed by atoms with Crippen LogP contribution in [0.15, 0.2) is 47.2 Å². The van der Waals surface area contributed by atoms with E-state index in [4.69, 9.17) is 18.9 Å². The van der Waals surface area contributed by atoms with Crippen LogP contribution in [0.25, 0.3) is 17.2 Å². The maximum absolute atomic E-state index is 5.53. The highest BCUT2D eigenvalue weighted by atomic mass is 16.5. The molecule has 1 N–H and O–H groups in total. The fourth-order valence-corrected chi connectivity index (χ4v) is 4.17. The van der Waals surface area contributed by atoms with E-state index in [0.717, 1.165) is 56.0 Å². The van der Waals surface area contributed by atoms with Gasteiger partial charge in [0.25, 0.3) is 0 Å². The van der Waals surface area contributed by atoms with Crippen LogP contribution < -0.4 is 10.1 Å². The maximum atomic E-state index is 5.53. The summed E-state index contributed by atoms with van der Waals surface area (Å²) in [5.41, 5.74) is 4.49. The molecule has 9 nitrogen and oxygen atoms in total. The molecule has 0 amide bonds. The smallest absolute Gasteiger partial charge is 0.225 e. The van der Waals surface area contributed by atoms with Gasteiger partial charge in [-0.2, -0.15) is 4.52 Å². The topological polar surface area (TPSA) is 90.0 Å². The van der Waals surface area contributed by atoms with E-state index in [9.17, 15) is 0 Å². The second-order valence-corrected chi connectivity index (χ2v) is 8.12. The Morgan fingerprint density at radius 3 is 2.94 bits per heavy atom. The Morgan fingerprint density at radius 1 is 1.18 bits per heavy atom. The van der Waals surface area contributed by atoms with Gasteiger partial charge in [0.15, 0.2) is 11.4 Å². The Bertz CT molecular complexity index is 1220. The predicted octanol–water partition coefficient (Wildman–Crippen LogP) is 3.40. The molecular formula is C24H28N6O3. The van der Waals surface area contributed by atoms with E-state index in [1.807, 2.05) is 24.4 Å². The Balaban J connectivity index is 1.42. The van der Waals surface area contributed by atoms with Crippen LogP contribution in [0, 0.1) is 0 Å². The second-order valence-electron chi connectivity index (χ2n) is 8.12. The van der Waals surface area contributed by atoms with Gasteiger partial charge in [0, 0.05) is 51.7 Å². The number of hydrogen-bond donors (Lipinski definition) is 1. The summed E-state index contributed by atoms with van der Waals surface area (Å²) in [5, 5.41) is 8.04. The van der Waals surface area contributed by atoms with Crippen molar-refractivity contribution in [2.75, 3.05) is 39.2 Å². The lowest BCUT2D eigenvalue weighted by molar-refractivity contribution is 0.197. The third-order valence-electron chi connectivity index (χ3n) is 5.89. The van der Waals surface area contributed by atoms with Gasteiger partial charge in [-0.05, 0) is 48.2 Å². The molecule has 0 unspecified atom stereocenters. The molecule has 0 atom stereocenters. The van der Waals surface area contributed by atoms with Crippen LogP contribution in [0.2, 0.25) is 0 Å². The zero-order valence-electron chi connectivity index (χ0n) is 19.0. The number of fused-ring (bicyclic) bond motifs is 2. The molecule has 1 aliphatic rings. The van der Waals surface area contributed by atoms with E-state index in [1.54, 1.807) is 25.0 Å². The van der Waals surface area contributed by atoms with Crippen LogP contribution in [0.3, 0.4) is 0 Å². The molecule has 4 aromatic rings. The molecule has 0 radical (unpaired) electrons. The number of nitrogens with zero attached hydrogens (tertiary/aromatic N) is 5. The quantitative estimate of drug-likeness (QED) is 0.390. The van der Waals surface area contributed by atoms with Crippen molar-refractivity contribution in [3.63, 3.8) is 0 Å². The Labute approximate surface area is 192 Å². The number of anilines is 1. The number of aromatic nitrogens is 4. The van der Waals surface area contributed by atoms with E-state index in [-0.39, 0.29) is 0 Å². The van der Waals surface area contributed by atoms with Gasteiger partial charge >= 0.3 is 0 Å². The summed E-state index contributed by atoms with van der Waals surface area (Å²) in [6.45, 7) is 3.98. The van der Waals surface area contributed by atoms with E-state index in [2.05, 4.69) is 32.4 Å². The average molecular weight is 449 g/mol. The minimum Gasteiger partial charge on any atom is -0.497 e. The van der Waals surface area contributed by atoms with E-state index in [1.165, 1.54) is 11.1 Å². The Morgan fingerprint density at radius 2 is 2.12 bits per heavy atom. The van der Waals surface area contributed by atoms with Gasteiger partial charge in [-0.15, -0.1) is 5.10 Å². The summed E-state index contributed by atoms with van der Waals surface area (Å²) in [7, 11) is 3.41. The molecule has 3 aromatic heterocycles. The monoisotopic (exact) mass is 448 g/mol. The number of furan rings is 1. The van der Waals surface area contributed by atoms with Crippen LogP contribution in [0.1, 0.15) is 23.1 Å². The molecule has 4 heterocycles. The summed E-state index contributed by atoms with van der Waals surface area (Å²) in [4.78, 5) is 11.9. The van der Waals surface area contributed by atoms with Crippen molar-refractivity contribution in [2.24, 2.45) is 0 Å². The third kappa shape index (κ3) is 4.55. The maximum Gasteiger partial charge on any atom is 0.225 e. The van der Waals surface area contributed by atoms with Gasteiger partial charge in [0.05, 0.1) is 13.4 Å². The van der Waals surface area contributed by atoms with Gasteiger partial charge in [0.2, 0.25) is 11.8 Å². The highest BCUT2D eigenvalue weighted by molar-refractivity contribution is 5.58. The largest absolute Gasteiger partial charge is 0.497 e. The molecule has 33 heavy (non-hydrogen) atoms.